The molecular weight excluding hydrogens is 262 g/mol. The zero-order valence-corrected chi connectivity index (χ0v) is 10.8. The van der Waals surface area contributed by atoms with E-state index in [4.69, 9.17) is 0 Å². The van der Waals surface area contributed by atoms with Crippen molar-refractivity contribution < 1.29 is 9.55 Å². The molecule has 1 aromatic heterocycles. The summed E-state index contributed by atoms with van der Waals surface area (Å²) < 4.78 is 4.62. The first kappa shape index (κ1) is 12.8. The Kier molecular flexibility index (Phi) is 3.46. The predicted molar refractivity (Wildman–Crippen MR) is 72.6 cm³/mol. The molecule has 1 aliphatic rings. The Balaban J connectivity index is 1.73. The predicted octanol–water partition coefficient (Wildman–Crippen LogP) is 1.68. The molecule has 0 radical (unpaired) electrons. The average Bonchev–Trinajstić information content (AvgIpc) is 3.09. The zero-order valence-electron chi connectivity index (χ0n) is 10.8. The average molecular weight is 277 g/mol. The molecule has 2 N–H and O–H groups in total. The Morgan fingerprint density at radius 1 is 1.45 bits per heavy atom. The lowest BCUT2D eigenvalue weighted by atomic mass is 10.1. The highest BCUT2D eigenvalue weighted by Gasteiger charge is 2.19. The van der Waals surface area contributed by atoms with Gasteiger partial charge in [-0.2, -0.15) is 0 Å². The van der Waals surface area contributed by atoms with Crippen LogP contribution in [0.5, 0.6) is 0 Å². The Bertz CT molecular complexity index is 621. The van der Waals surface area contributed by atoms with E-state index in [0.717, 1.165) is 19.5 Å². The maximum atomic E-state index is 10.9. The van der Waals surface area contributed by atoms with Crippen LogP contribution in [0.25, 0.3) is 11.0 Å². The quantitative estimate of drug-likeness (QED) is 0.632. The molecule has 8 heteroatoms. The Morgan fingerprint density at radius 2 is 2.30 bits per heavy atom. The van der Waals surface area contributed by atoms with E-state index >= 15 is 0 Å². The number of anilines is 1. The topological polar surface area (TPSA) is 106 Å². The molecule has 0 saturated carbocycles. The van der Waals surface area contributed by atoms with Gasteiger partial charge in [-0.1, -0.05) is 0 Å². The van der Waals surface area contributed by atoms with Crippen molar-refractivity contribution in [1.82, 2.24) is 15.6 Å². The van der Waals surface area contributed by atoms with E-state index in [2.05, 4.69) is 25.6 Å². The van der Waals surface area contributed by atoms with E-state index in [-0.39, 0.29) is 11.2 Å². The molecule has 106 valence electrons. The number of rotatable bonds is 5. The van der Waals surface area contributed by atoms with Crippen molar-refractivity contribution in [3.8, 4) is 0 Å². The van der Waals surface area contributed by atoms with E-state index in [9.17, 15) is 10.1 Å². The van der Waals surface area contributed by atoms with Gasteiger partial charge in [0.05, 0.1) is 10.6 Å². The number of hydrogen-bond donors (Lipinski definition) is 2. The lowest BCUT2D eigenvalue weighted by Crippen LogP contribution is -2.24. The van der Waals surface area contributed by atoms with Crippen molar-refractivity contribution in [2.75, 3.05) is 18.4 Å². The van der Waals surface area contributed by atoms with Crippen molar-refractivity contribution in [1.29, 1.82) is 0 Å². The molecule has 3 rings (SSSR count). The highest BCUT2D eigenvalue weighted by atomic mass is 16.6. The van der Waals surface area contributed by atoms with Crippen LogP contribution in [0.15, 0.2) is 16.8 Å². The van der Waals surface area contributed by atoms with Gasteiger partial charge in [0.1, 0.15) is 0 Å². The number of nitrogens with zero attached hydrogens (tertiary/aromatic N) is 3. The molecule has 0 bridgehead atoms. The van der Waals surface area contributed by atoms with Crippen LogP contribution < -0.4 is 10.6 Å². The number of nitrogens with one attached hydrogen (secondary N) is 2. The number of nitro benzene ring substituents is 1. The zero-order chi connectivity index (χ0) is 13.9. The van der Waals surface area contributed by atoms with Gasteiger partial charge in [-0.25, -0.2) is 4.63 Å². The summed E-state index contributed by atoms with van der Waals surface area (Å²) in [5, 5.41) is 24.9. The van der Waals surface area contributed by atoms with Gasteiger partial charge in [-0.05, 0) is 42.2 Å². The van der Waals surface area contributed by atoms with Crippen LogP contribution in [0, 0.1) is 10.1 Å². The van der Waals surface area contributed by atoms with Crippen molar-refractivity contribution in [2.45, 2.75) is 25.3 Å². The molecule has 2 aromatic rings. The summed E-state index contributed by atoms with van der Waals surface area (Å²) in [5.41, 5.74) is 1.20. The number of non-ortho nitro benzene ring substituents is 1. The van der Waals surface area contributed by atoms with Crippen LogP contribution in [0.2, 0.25) is 0 Å². The highest BCUT2D eigenvalue weighted by molar-refractivity contribution is 5.93. The fraction of sp³-hybridized carbons (Fsp3) is 0.500. The summed E-state index contributed by atoms with van der Waals surface area (Å²) in [6.45, 7) is 1.86. The Morgan fingerprint density at radius 3 is 3.05 bits per heavy atom. The third kappa shape index (κ3) is 2.42. The highest BCUT2D eigenvalue weighted by Crippen LogP contribution is 2.28. The van der Waals surface area contributed by atoms with E-state index in [1.54, 1.807) is 6.07 Å². The lowest BCUT2D eigenvalue weighted by Gasteiger charge is -2.11. The van der Waals surface area contributed by atoms with Crippen LogP contribution >= 0.6 is 0 Å². The minimum atomic E-state index is -0.487. The molecule has 2 heterocycles. The van der Waals surface area contributed by atoms with Crippen LogP contribution in [0.3, 0.4) is 0 Å². The molecule has 20 heavy (non-hydrogen) atoms. The molecule has 1 aromatic carbocycles. The first-order chi connectivity index (χ1) is 9.75. The van der Waals surface area contributed by atoms with Gasteiger partial charge >= 0.3 is 5.69 Å². The van der Waals surface area contributed by atoms with Crippen molar-refractivity contribution >= 4 is 22.4 Å². The van der Waals surface area contributed by atoms with Gasteiger partial charge in [0.25, 0.3) is 0 Å². The SMILES string of the molecule is O=[N+]([O-])c1ccc(NCCC2CCCN2)c2nonc12. The van der Waals surface area contributed by atoms with Crippen LogP contribution in [0.4, 0.5) is 11.4 Å². The smallest absolute Gasteiger partial charge is 0.300 e. The fourth-order valence-electron chi connectivity index (χ4n) is 2.53. The number of aromatic nitrogens is 2. The van der Waals surface area contributed by atoms with Crippen molar-refractivity contribution in [3.05, 3.63) is 22.2 Å². The van der Waals surface area contributed by atoms with E-state index in [1.165, 1.54) is 18.9 Å². The van der Waals surface area contributed by atoms with Gasteiger partial charge in [0.15, 0.2) is 5.52 Å². The minimum Gasteiger partial charge on any atom is -0.383 e. The summed E-state index contributed by atoms with van der Waals surface area (Å²) >= 11 is 0. The lowest BCUT2D eigenvalue weighted by molar-refractivity contribution is -0.383. The molecule has 0 spiro atoms. The number of hydrogen-bond acceptors (Lipinski definition) is 7. The van der Waals surface area contributed by atoms with Crippen LogP contribution in [0.1, 0.15) is 19.3 Å². The van der Waals surface area contributed by atoms with Crippen molar-refractivity contribution in [2.24, 2.45) is 0 Å². The van der Waals surface area contributed by atoms with Gasteiger partial charge in [0.2, 0.25) is 5.52 Å². The summed E-state index contributed by atoms with van der Waals surface area (Å²) in [6, 6.07) is 3.61. The van der Waals surface area contributed by atoms with E-state index in [1.807, 2.05) is 0 Å². The Hall–Kier alpha value is -2.22. The first-order valence-corrected chi connectivity index (χ1v) is 6.62. The molecule has 1 fully saturated rings. The molecular formula is C12H15N5O3. The van der Waals surface area contributed by atoms with Crippen LogP contribution in [-0.2, 0) is 0 Å². The molecule has 1 atom stereocenters. The molecule has 1 aliphatic heterocycles. The molecule has 0 amide bonds. The summed E-state index contributed by atoms with van der Waals surface area (Å²) in [5.74, 6) is 0. The normalized spacial score (nSPS) is 18.5. The second-order valence-corrected chi connectivity index (χ2v) is 4.86. The van der Waals surface area contributed by atoms with Gasteiger partial charge in [-0.3, -0.25) is 10.1 Å². The standard InChI is InChI=1S/C12H15N5O3/c18-17(19)10-4-3-9(11-12(10)16-20-15-11)14-7-5-8-2-1-6-13-8/h3-4,8,13-14H,1-2,5-7H2. The van der Waals surface area contributed by atoms with E-state index in [0.29, 0.717) is 17.2 Å². The van der Waals surface area contributed by atoms with Gasteiger partial charge in [0, 0.05) is 18.7 Å². The summed E-state index contributed by atoms with van der Waals surface area (Å²) in [6.07, 6.45) is 3.42. The monoisotopic (exact) mass is 277 g/mol. The Labute approximate surface area is 114 Å². The summed E-state index contributed by atoms with van der Waals surface area (Å²) in [4.78, 5) is 10.4. The van der Waals surface area contributed by atoms with Crippen LogP contribution in [-0.4, -0.2) is 34.4 Å². The second kappa shape index (κ2) is 5.41. The molecule has 1 saturated heterocycles. The van der Waals surface area contributed by atoms with Gasteiger partial charge in [-0.15, -0.1) is 0 Å². The van der Waals surface area contributed by atoms with Gasteiger partial charge < -0.3 is 10.6 Å². The number of nitro groups is 1. The molecule has 1 unspecified atom stereocenters. The van der Waals surface area contributed by atoms with Crippen molar-refractivity contribution in [3.63, 3.8) is 0 Å². The third-order valence-electron chi connectivity index (χ3n) is 3.56. The first-order valence-electron chi connectivity index (χ1n) is 6.62. The molecule has 0 aliphatic carbocycles. The fourth-order valence-corrected chi connectivity index (χ4v) is 2.53. The van der Waals surface area contributed by atoms with E-state index < -0.39 is 4.92 Å². The maximum Gasteiger partial charge on any atom is 0.300 e. The largest absolute Gasteiger partial charge is 0.383 e. The number of fused-ring (bicyclic) bond motifs is 1. The minimum absolute atomic E-state index is 0.0933. The summed E-state index contributed by atoms with van der Waals surface area (Å²) in [7, 11) is 0. The molecule has 8 nitrogen and oxygen atoms in total. The number of benzene rings is 1. The maximum absolute atomic E-state index is 10.9. The third-order valence-corrected chi connectivity index (χ3v) is 3.56. The second-order valence-electron chi connectivity index (χ2n) is 4.86.